The normalized spacial score (nSPS) is 33.9. The Hall–Kier alpha value is -2.72. The van der Waals surface area contributed by atoms with E-state index in [0.717, 1.165) is 77.0 Å². The third-order valence-corrected chi connectivity index (χ3v) is 13.0. The molecule has 0 N–H and O–H groups in total. The summed E-state index contributed by atoms with van der Waals surface area (Å²) in [6.07, 6.45) is 21.6. The molecule has 5 aliphatic rings. The van der Waals surface area contributed by atoms with Gasteiger partial charge in [-0.3, -0.25) is 9.59 Å². The van der Waals surface area contributed by atoms with E-state index >= 15 is 0 Å². The second kappa shape index (κ2) is 21.2. The van der Waals surface area contributed by atoms with E-state index in [1.165, 1.54) is 63.5 Å². The van der Waals surface area contributed by atoms with Crippen LogP contribution in [0.2, 0.25) is 0 Å². The van der Waals surface area contributed by atoms with E-state index in [9.17, 15) is 19.2 Å². The van der Waals surface area contributed by atoms with E-state index in [0.29, 0.717) is 48.7 Å². The van der Waals surface area contributed by atoms with Crippen LogP contribution in [0, 0.1) is 47.3 Å². The van der Waals surface area contributed by atoms with Gasteiger partial charge in [-0.1, -0.05) is 38.8 Å². The van der Waals surface area contributed by atoms with Gasteiger partial charge in [0.25, 0.3) is 12.6 Å². The largest absolute Gasteiger partial charge is 0.463 e. The summed E-state index contributed by atoms with van der Waals surface area (Å²) >= 11 is 0. The van der Waals surface area contributed by atoms with Crippen molar-refractivity contribution in [3.63, 3.8) is 0 Å². The van der Waals surface area contributed by atoms with Gasteiger partial charge in [-0.05, 0) is 138 Å². The highest BCUT2D eigenvalue weighted by Gasteiger charge is 2.40. The maximum atomic E-state index is 13.3. The van der Waals surface area contributed by atoms with Crippen LogP contribution < -0.4 is 0 Å². The van der Waals surface area contributed by atoms with Crippen molar-refractivity contribution in [2.45, 2.75) is 141 Å². The van der Waals surface area contributed by atoms with Crippen LogP contribution in [0.15, 0.2) is 25.3 Å². The molecule has 0 aromatic carbocycles. The lowest BCUT2D eigenvalue weighted by atomic mass is 9.68. The first-order chi connectivity index (χ1) is 25.3. The second-order valence-electron chi connectivity index (χ2n) is 16.2. The highest BCUT2D eigenvalue weighted by molar-refractivity contribution is 5.81. The molecule has 4 aliphatic carbocycles. The van der Waals surface area contributed by atoms with E-state index < -0.39 is 12.6 Å². The summed E-state index contributed by atoms with van der Waals surface area (Å²) < 4.78 is 33.4. The zero-order valence-electron chi connectivity index (χ0n) is 31.4. The number of rotatable bonds is 16. The van der Waals surface area contributed by atoms with Crippen LogP contribution in [-0.4, -0.2) is 62.9 Å². The van der Waals surface area contributed by atoms with E-state index in [1.807, 2.05) is 0 Å². The minimum atomic E-state index is -1.03. The van der Waals surface area contributed by atoms with Gasteiger partial charge in [0.15, 0.2) is 0 Å². The summed E-state index contributed by atoms with van der Waals surface area (Å²) in [7, 11) is 0. The molecule has 0 aromatic heterocycles. The Morgan fingerprint density at radius 2 is 0.827 bits per heavy atom. The third kappa shape index (κ3) is 12.4. The molecule has 292 valence electrons. The molecule has 0 radical (unpaired) electrons. The fourth-order valence-electron chi connectivity index (χ4n) is 9.84. The zero-order chi connectivity index (χ0) is 36.7. The van der Waals surface area contributed by atoms with Gasteiger partial charge < -0.3 is 28.4 Å². The Balaban J connectivity index is 0.953. The van der Waals surface area contributed by atoms with Crippen LogP contribution in [0.25, 0.3) is 0 Å². The quantitative estimate of drug-likeness (QED) is 0.0668. The first-order valence-electron chi connectivity index (χ1n) is 20.6. The molecule has 2 atom stereocenters. The molecule has 4 saturated carbocycles. The Kier molecular flexibility index (Phi) is 16.5. The summed E-state index contributed by atoms with van der Waals surface area (Å²) in [5.74, 6) is 2.57. The molecular formula is C42H64O10. The monoisotopic (exact) mass is 728 g/mol. The summed E-state index contributed by atoms with van der Waals surface area (Å²) in [5.41, 5.74) is 0. The van der Waals surface area contributed by atoms with Gasteiger partial charge in [-0.25, -0.2) is 9.59 Å². The first kappa shape index (κ1) is 40.5. The van der Waals surface area contributed by atoms with Crippen LogP contribution in [0.1, 0.15) is 128 Å². The molecule has 0 amide bonds. The topological polar surface area (TPSA) is 124 Å². The lowest BCUT2D eigenvalue weighted by molar-refractivity contribution is -0.305. The average molecular weight is 729 g/mol. The van der Waals surface area contributed by atoms with Crippen LogP contribution >= 0.6 is 0 Å². The number of ether oxygens (including phenoxy) is 6. The van der Waals surface area contributed by atoms with Crippen molar-refractivity contribution in [2.75, 3.05) is 26.4 Å². The standard InChI is InChI=1S/C42H64O10/c1-3-37(43)47-25-5-7-29-9-13-31(14-10-29)33-17-21-35(22-18-33)39(45)51-41-42(50-28-27-49-41)52-40(46)36-23-19-34(20-24-36)32-15-11-30(12-16-32)8-6-26-48-38(44)4-2/h3-4,29-36,41-42H,1-2,5-28H2/t29-,30?,31-,32?,33-,34?,35-,36?,41-,42-/m1/s1. The summed E-state index contributed by atoms with van der Waals surface area (Å²) in [4.78, 5) is 49.0. The highest BCUT2D eigenvalue weighted by Crippen LogP contribution is 2.44. The van der Waals surface area contributed by atoms with Crippen LogP contribution in [-0.2, 0) is 47.6 Å². The minimum Gasteiger partial charge on any atom is -0.463 e. The van der Waals surface area contributed by atoms with E-state index in [-0.39, 0.29) is 48.9 Å². The molecule has 1 saturated heterocycles. The Bertz CT molecular complexity index is 1060. The van der Waals surface area contributed by atoms with Crippen molar-refractivity contribution in [1.29, 1.82) is 0 Å². The number of esters is 4. The van der Waals surface area contributed by atoms with Gasteiger partial charge in [0.05, 0.1) is 38.3 Å². The molecule has 10 heteroatoms. The number of carbonyl (C=O) groups is 4. The Labute approximate surface area is 311 Å². The lowest BCUT2D eigenvalue weighted by Crippen LogP contribution is -2.46. The van der Waals surface area contributed by atoms with E-state index in [1.54, 1.807) is 0 Å². The van der Waals surface area contributed by atoms with Gasteiger partial charge >= 0.3 is 23.9 Å². The molecule has 0 aromatic rings. The molecule has 5 fully saturated rings. The Morgan fingerprint density at radius 1 is 0.500 bits per heavy atom. The van der Waals surface area contributed by atoms with E-state index in [2.05, 4.69) is 13.2 Å². The second-order valence-corrected chi connectivity index (χ2v) is 16.2. The van der Waals surface area contributed by atoms with Crippen molar-refractivity contribution < 1.29 is 47.6 Å². The molecule has 0 spiro atoms. The van der Waals surface area contributed by atoms with Gasteiger partial charge in [-0.15, -0.1) is 0 Å². The van der Waals surface area contributed by atoms with E-state index in [4.69, 9.17) is 28.4 Å². The summed E-state index contributed by atoms with van der Waals surface area (Å²) in [5, 5.41) is 0. The maximum absolute atomic E-state index is 13.3. The van der Waals surface area contributed by atoms with Crippen molar-refractivity contribution in [3.05, 3.63) is 25.3 Å². The van der Waals surface area contributed by atoms with Crippen molar-refractivity contribution in [3.8, 4) is 0 Å². The SMILES string of the molecule is C=CC(=O)OCCCC1CCC(C2CCC(C(=O)O[C@H]3OCCO[C@@H]3OC(=O)[C@H]3CC[C@H]([C@H]4CC[C@H](CCCOC(=O)C=C)CC4)CC3)CC2)CC1. The van der Waals surface area contributed by atoms with Gasteiger partial charge in [0.1, 0.15) is 0 Å². The van der Waals surface area contributed by atoms with Crippen LogP contribution in [0.3, 0.4) is 0 Å². The van der Waals surface area contributed by atoms with Crippen LogP contribution in [0.5, 0.6) is 0 Å². The third-order valence-electron chi connectivity index (χ3n) is 13.0. The Morgan fingerprint density at radius 3 is 1.15 bits per heavy atom. The summed E-state index contributed by atoms with van der Waals surface area (Å²) in [6.45, 7) is 8.39. The van der Waals surface area contributed by atoms with Gasteiger partial charge in [0.2, 0.25) is 0 Å². The van der Waals surface area contributed by atoms with Gasteiger partial charge in [0, 0.05) is 12.2 Å². The van der Waals surface area contributed by atoms with Crippen LogP contribution in [0.4, 0.5) is 0 Å². The highest BCUT2D eigenvalue weighted by atomic mass is 16.8. The molecule has 1 aliphatic heterocycles. The fourth-order valence-corrected chi connectivity index (χ4v) is 9.84. The average Bonchev–Trinajstić information content (AvgIpc) is 3.19. The van der Waals surface area contributed by atoms with Crippen molar-refractivity contribution >= 4 is 23.9 Å². The lowest BCUT2D eigenvalue weighted by Gasteiger charge is -2.38. The molecule has 10 nitrogen and oxygen atoms in total. The smallest absolute Gasteiger partial charge is 0.330 e. The molecule has 5 rings (SSSR count). The van der Waals surface area contributed by atoms with Gasteiger partial charge in [-0.2, -0.15) is 0 Å². The molecule has 0 bridgehead atoms. The first-order valence-corrected chi connectivity index (χ1v) is 20.6. The summed E-state index contributed by atoms with van der Waals surface area (Å²) in [6, 6.07) is 0. The molecule has 0 unspecified atom stereocenters. The predicted octanol–water partition coefficient (Wildman–Crippen LogP) is 8.02. The zero-order valence-corrected chi connectivity index (χ0v) is 31.4. The fraction of sp³-hybridized carbons (Fsp3) is 0.810. The van der Waals surface area contributed by atoms with Crippen molar-refractivity contribution in [2.24, 2.45) is 47.3 Å². The van der Waals surface area contributed by atoms with Crippen molar-refractivity contribution in [1.82, 2.24) is 0 Å². The number of hydrogen-bond acceptors (Lipinski definition) is 10. The predicted molar refractivity (Wildman–Crippen MR) is 194 cm³/mol. The molecular weight excluding hydrogens is 664 g/mol. The minimum absolute atomic E-state index is 0.167. The molecule has 52 heavy (non-hydrogen) atoms. The maximum Gasteiger partial charge on any atom is 0.330 e. The number of hydrogen-bond donors (Lipinski definition) is 0. The number of carbonyl (C=O) groups excluding carboxylic acids is 4. The molecule has 1 heterocycles.